The molecule has 0 aromatic heterocycles. The van der Waals surface area contributed by atoms with Gasteiger partial charge in [-0.1, -0.05) is 11.6 Å². The van der Waals surface area contributed by atoms with Crippen molar-refractivity contribution < 1.29 is 9.18 Å². The summed E-state index contributed by atoms with van der Waals surface area (Å²) in [5.74, 6) is -0.529. The number of hydrogen-bond acceptors (Lipinski definition) is 3. The lowest BCUT2D eigenvalue weighted by atomic mass is 10.1. The molecule has 2 aliphatic heterocycles. The van der Waals surface area contributed by atoms with Gasteiger partial charge in [0.05, 0.1) is 5.02 Å². The Morgan fingerprint density at radius 3 is 2.82 bits per heavy atom. The van der Waals surface area contributed by atoms with Gasteiger partial charge in [-0.05, 0) is 25.2 Å². The van der Waals surface area contributed by atoms with E-state index in [1.807, 2.05) is 0 Å². The molecule has 2 saturated heterocycles. The van der Waals surface area contributed by atoms with Crippen molar-refractivity contribution in [2.45, 2.75) is 6.04 Å². The predicted molar refractivity (Wildman–Crippen MR) is 84.9 cm³/mol. The minimum absolute atomic E-state index is 0.0526. The van der Waals surface area contributed by atoms with Crippen LogP contribution in [0.1, 0.15) is 0 Å². The Hall–Kier alpha value is -1.37. The molecule has 22 heavy (non-hydrogen) atoms. The molecule has 2 heterocycles. The fourth-order valence-electron chi connectivity index (χ4n) is 3.07. The first-order valence-corrected chi connectivity index (χ1v) is 7.84. The molecule has 1 atom stereocenters. The number of anilines is 1. The van der Waals surface area contributed by atoms with E-state index < -0.39 is 5.82 Å². The summed E-state index contributed by atoms with van der Waals surface area (Å²) in [6.07, 6.45) is 0. The molecule has 1 aromatic carbocycles. The first-order chi connectivity index (χ1) is 10.5. The van der Waals surface area contributed by atoms with Gasteiger partial charge in [0, 0.05) is 51.0 Å². The summed E-state index contributed by atoms with van der Waals surface area (Å²) in [6, 6.07) is 4.48. The number of halogens is 2. The van der Waals surface area contributed by atoms with Crippen LogP contribution in [0.25, 0.3) is 0 Å². The zero-order chi connectivity index (χ0) is 15.7. The summed E-state index contributed by atoms with van der Waals surface area (Å²) in [5.41, 5.74) is 0.426. The molecule has 7 heteroatoms. The van der Waals surface area contributed by atoms with Crippen molar-refractivity contribution in [1.29, 1.82) is 0 Å². The third-order valence-corrected chi connectivity index (χ3v) is 4.66. The SMILES string of the molecule is CN1CCN2CCN(C(=O)Nc3ccc(Cl)c(F)c3)C[C@H]2C1. The topological polar surface area (TPSA) is 38.8 Å². The van der Waals surface area contributed by atoms with Crippen LogP contribution in [0.2, 0.25) is 5.02 Å². The van der Waals surface area contributed by atoms with E-state index in [0.29, 0.717) is 24.8 Å². The van der Waals surface area contributed by atoms with Crippen LogP contribution in [0, 0.1) is 5.82 Å². The smallest absolute Gasteiger partial charge is 0.321 e. The van der Waals surface area contributed by atoms with E-state index in [9.17, 15) is 9.18 Å². The van der Waals surface area contributed by atoms with Crippen molar-refractivity contribution in [2.75, 3.05) is 51.6 Å². The fraction of sp³-hybridized carbons (Fsp3) is 0.533. The number of urea groups is 1. The molecule has 1 N–H and O–H groups in total. The zero-order valence-corrected chi connectivity index (χ0v) is 13.3. The van der Waals surface area contributed by atoms with Crippen molar-refractivity contribution in [2.24, 2.45) is 0 Å². The molecule has 2 amide bonds. The van der Waals surface area contributed by atoms with Gasteiger partial charge >= 0.3 is 6.03 Å². The van der Waals surface area contributed by atoms with Crippen molar-refractivity contribution in [1.82, 2.24) is 14.7 Å². The van der Waals surface area contributed by atoms with Crippen molar-refractivity contribution in [3.8, 4) is 0 Å². The number of carbonyl (C=O) groups excluding carboxylic acids is 1. The molecular formula is C15H20ClFN4O. The van der Waals surface area contributed by atoms with E-state index in [2.05, 4.69) is 22.2 Å². The van der Waals surface area contributed by atoms with Crippen molar-refractivity contribution >= 4 is 23.3 Å². The number of benzene rings is 1. The van der Waals surface area contributed by atoms with E-state index in [-0.39, 0.29) is 11.1 Å². The lowest BCUT2D eigenvalue weighted by Crippen LogP contribution is -2.62. The first-order valence-electron chi connectivity index (χ1n) is 7.46. The number of likely N-dealkylation sites (N-methyl/N-ethyl adjacent to an activating group) is 1. The van der Waals surface area contributed by atoms with Crippen LogP contribution in [0.3, 0.4) is 0 Å². The van der Waals surface area contributed by atoms with Crippen LogP contribution in [-0.2, 0) is 0 Å². The van der Waals surface area contributed by atoms with Crippen LogP contribution >= 0.6 is 11.6 Å². The highest BCUT2D eigenvalue weighted by Gasteiger charge is 2.32. The number of hydrogen-bond donors (Lipinski definition) is 1. The number of rotatable bonds is 1. The Kier molecular flexibility index (Phi) is 4.52. The summed E-state index contributed by atoms with van der Waals surface area (Å²) < 4.78 is 13.4. The van der Waals surface area contributed by atoms with Gasteiger partial charge in [-0.2, -0.15) is 0 Å². The number of nitrogens with zero attached hydrogens (tertiary/aromatic N) is 3. The van der Waals surface area contributed by atoms with Crippen LogP contribution in [-0.4, -0.2) is 73.1 Å². The second kappa shape index (κ2) is 6.40. The lowest BCUT2D eigenvalue weighted by molar-refractivity contribution is 0.0353. The van der Waals surface area contributed by atoms with E-state index in [4.69, 9.17) is 11.6 Å². The Morgan fingerprint density at radius 1 is 1.27 bits per heavy atom. The second-order valence-corrected chi connectivity index (χ2v) is 6.36. The van der Waals surface area contributed by atoms with Gasteiger partial charge in [-0.3, -0.25) is 4.90 Å². The monoisotopic (exact) mass is 326 g/mol. The predicted octanol–water partition coefficient (Wildman–Crippen LogP) is 1.94. The van der Waals surface area contributed by atoms with Gasteiger partial charge in [0.25, 0.3) is 0 Å². The molecule has 3 rings (SSSR count). The van der Waals surface area contributed by atoms with Gasteiger partial charge in [0.1, 0.15) is 5.82 Å². The van der Waals surface area contributed by atoms with E-state index in [0.717, 1.165) is 26.2 Å². The minimum atomic E-state index is -0.529. The Morgan fingerprint density at radius 2 is 2.05 bits per heavy atom. The Bertz CT molecular complexity index is 570. The quantitative estimate of drug-likeness (QED) is 0.857. The third kappa shape index (κ3) is 3.34. The molecule has 0 spiro atoms. The normalized spacial score (nSPS) is 23.2. The second-order valence-electron chi connectivity index (χ2n) is 5.96. The Labute approximate surface area is 134 Å². The molecule has 1 aromatic rings. The van der Waals surface area contributed by atoms with E-state index in [1.165, 1.54) is 12.1 Å². The Balaban J connectivity index is 1.61. The lowest BCUT2D eigenvalue weighted by Gasteiger charge is -2.46. The molecule has 2 fully saturated rings. The highest BCUT2D eigenvalue weighted by Crippen LogP contribution is 2.20. The third-order valence-electron chi connectivity index (χ3n) is 4.35. The maximum atomic E-state index is 13.4. The molecule has 120 valence electrons. The maximum absolute atomic E-state index is 13.4. The summed E-state index contributed by atoms with van der Waals surface area (Å²) in [5, 5.41) is 2.80. The van der Waals surface area contributed by atoms with Gasteiger partial charge < -0.3 is 15.1 Å². The number of carbonyl (C=O) groups is 1. The van der Waals surface area contributed by atoms with Gasteiger partial charge in [-0.25, -0.2) is 9.18 Å². The largest absolute Gasteiger partial charge is 0.322 e. The van der Waals surface area contributed by atoms with Crippen LogP contribution in [0.5, 0.6) is 0 Å². The molecule has 0 radical (unpaired) electrons. The van der Waals surface area contributed by atoms with E-state index in [1.54, 1.807) is 11.0 Å². The summed E-state index contributed by atoms with van der Waals surface area (Å²) in [7, 11) is 2.10. The highest BCUT2D eigenvalue weighted by molar-refractivity contribution is 6.30. The average Bonchev–Trinajstić information content (AvgIpc) is 2.50. The van der Waals surface area contributed by atoms with Crippen molar-refractivity contribution in [3.05, 3.63) is 29.0 Å². The summed E-state index contributed by atoms with van der Waals surface area (Å²) in [6.45, 7) is 5.39. The number of piperazine rings is 2. The molecule has 0 saturated carbocycles. The standard InChI is InChI=1S/C15H20ClFN4O/c1-19-4-5-20-6-7-21(10-12(20)9-19)15(22)18-11-2-3-13(16)14(17)8-11/h2-3,8,12H,4-7,9-10H2,1H3,(H,18,22)/t12-/m1/s1. The van der Waals surface area contributed by atoms with Crippen LogP contribution in [0.4, 0.5) is 14.9 Å². The molecule has 0 bridgehead atoms. The molecular weight excluding hydrogens is 307 g/mol. The highest BCUT2D eigenvalue weighted by atomic mass is 35.5. The van der Waals surface area contributed by atoms with E-state index >= 15 is 0 Å². The summed E-state index contributed by atoms with van der Waals surface area (Å²) in [4.78, 5) is 18.9. The number of nitrogens with one attached hydrogen (secondary N) is 1. The van der Waals surface area contributed by atoms with Gasteiger partial charge in [-0.15, -0.1) is 0 Å². The molecule has 0 unspecified atom stereocenters. The van der Waals surface area contributed by atoms with Crippen LogP contribution in [0.15, 0.2) is 18.2 Å². The first kappa shape index (κ1) is 15.5. The van der Waals surface area contributed by atoms with Gasteiger partial charge in [0.2, 0.25) is 0 Å². The average molecular weight is 327 g/mol. The molecule has 0 aliphatic carbocycles. The molecule has 2 aliphatic rings. The minimum Gasteiger partial charge on any atom is -0.322 e. The number of amides is 2. The maximum Gasteiger partial charge on any atom is 0.321 e. The van der Waals surface area contributed by atoms with Gasteiger partial charge in [0.15, 0.2) is 0 Å². The fourth-order valence-corrected chi connectivity index (χ4v) is 3.19. The van der Waals surface area contributed by atoms with Crippen LogP contribution < -0.4 is 5.32 Å². The molecule has 5 nitrogen and oxygen atoms in total. The summed E-state index contributed by atoms with van der Waals surface area (Å²) >= 11 is 5.65. The number of fused-ring (bicyclic) bond motifs is 1. The zero-order valence-electron chi connectivity index (χ0n) is 12.6. The van der Waals surface area contributed by atoms with Crippen molar-refractivity contribution in [3.63, 3.8) is 0 Å².